The molecule has 0 atom stereocenters. The highest BCUT2D eigenvalue weighted by Gasteiger charge is 2.50. The van der Waals surface area contributed by atoms with E-state index in [9.17, 15) is 0 Å². The lowest BCUT2D eigenvalue weighted by Gasteiger charge is -2.40. The molecule has 3 aliphatic rings. The van der Waals surface area contributed by atoms with Crippen molar-refractivity contribution in [2.24, 2.45) is 0 Å². The standard InChI is InChI=1S/C47H27N/c1-2-12-31-30(11-1)36-17-9-16-35-29(24-25-37(31)45(35)36)28-23-26-44-42(27-28)47(39-19-6-3-13-32(39)33-14-4-7-20-40(33)47)41-21-10-18-38-34-15-5-8-22-43(34)48(44)46(38)41/h1-27H. The van der Waals surface area contributed by atoms with Gasteiger partial charge in [0.1, 0.15) is 0 Å². The summed E-state index contributed by atoms with van der Waals surface area (Å²) in [5.41, 5.74) is 19.3. The van der Waals surface area contributed by atoms with Crippen molar-refractivity contribution in [1.29, 1.82) is 0 Å². The molecule has 48 heavy (non-hydrogen) atoms. The van der Waals surface area contributed by atoms with Crippen LogP contribution in [0.25, 0.3) is 82.8 Å². The summed E-state index contributed by atoms with van der Waals surface area (Å²) < 4.78 is 2.54. The molecule has 2 heterocycles. The van der Waals surface area contributed by atoms with Gasteiger partial charge in [0.05, 0.1) is 22.1 Å². The summed E-state index contributed by atoms with van der Waals surface area (Å²) in [6.07, 6.45) is 0. The molecule has 0 radical (unpaired) electrons. The van der Waals surface area contributed by atoms with Crippen LogP contribution in [0, 0.1) is 0 Å². The largest absolute Gasteiger partial charge is 0.309 e. The molecular weight excluding hydrogens is 579 g/mol. The van der Waals surface area contributed by atoms with Crippen LogP contribution in [-0.4, -0.2) is 4.57 Å². The predicted molar refractivity (Wildman–Crippen MR) is 199 cm³/mol. The first kappa shape index (κ1) is 25.0. The Morgan fingerprint density at radius 3 is 1.71 bits per heavy atom. The Hall–Kier alpha value is -6.18. The molecular formula is C47H27N. The van der Waals surface area contributed by atoms with Gasteiger partial charge in [-0.05, 0) is 95.7 Å². The van der Waals surface area contributed by atoms with Crippen LogP contribution in [0.4, 0.5) is 0 Å². The second-order valence-electron chi connectivity index (χ2n) is 13.6. The average molecular weight is 606 g/mol. The minimum Gasteiger partial charge on any atom is -0.309 e. The molecule has 1 aliphatic heterocycles. The third-order valence-electron chi connectivity index (χ3n) is 11.6. The molecule has 1 heteroatoms. The van der Waals surface area contributed by atoms with Gasteiger partial charge in [0.2, 0.25) is 0 Å². The van der Waals surface area contributed by atoms with Gasteiger partial charge in [-0.2, -0.15) is 0 Å². The van der Waals surface area contributed by atoms with Crippen molar-refractivity contribution in [2.75, 3.05) is 0 Å². The van der Waals surface area contributed by atoms with E-state index in [1.807, 2.05) is 0 Å². The molecule has 0 saturated carbocycles. The summed E-state index contributed by atoms with van der Waals surface area (Å²) >= 11 is 0. The van der Waals surface area contributed by atoms with Crippen LogP contribution in [0.15, 0.2) is 164 Å². The number of fused-ring (bicyclic) bond motifs is 15. The zero-order chi connectivity index (χ0) is 31.1. The SMILES string of the molecule is c1ccc2c(c1)-c1cccc3c(-c4ccc5c(c4)C4(c6ccccc6-c6ccccc64)c4cccc6c7ccccc7n-5c46)ccc-2c13. The molecule has 1 spiro atoms. The van der Waals surface area contributed by atoms with Crippen molar-refractivity contribution in [3.05, 3.63) is 186 Å². The van der Waals surface area contributed by atoms with Gasteiger partial charge < -0.3 is 4.57 Å². The summed E-state index contributed by atoms with van der Waals surface area (Å²) in [6.45, 7) is 0. The lowest BCUT2D eigenvalue weighted by molar-refractivity contribution is 0.749. The van der Waals surface area contributed by atoms with Crippen molar-refractivity contribution in [3.63, 3.8) is 0 Å². The lowest BCUT2D eigenvalue weighted by Crippen LogP contribution is -2.33. The van der Waals surface area contributed by atoms with Crippen molar-refractivity contribution in [3.8, 4) is 50.2 Å². The first-order chi connectivity index (χ1) is 23.8. The Labute approximate surface area is 278 Å². The van der Waals surface area contributed by atoms with Gasteiger partial charge >= 0.3 is 0 Å². The summed E-state index contributed by atoms with van der Waals surface area (Å²) in [5, 5.41) is 5.29. The van der Waals surface area contributed by atoms with Gasteiger partial charge in [-0.1, -0.05) is 146 Å². The van der Waals surface area contributed by atoms with E-state index in [1.165, 1.54) is 105 Å². The molecule has 1 aromatic heterocycles. The first-order valence-electron chi connectivity index (χ1n) is 16.9. The maximum Gasteiger partial charge on any atom is 0.0754 e. The number of aromatic nitrogens is 1. The van der Waals surface area contributed by atoms with Crippen LogP contribution in [0.5, 0.6) is 0 Å². The monoisotopic (exact) mass is 605 g/mol. The van der Waals surface area contributed by atoms with Crippen molar-refractivity contribution in [1.82, 2.24) is 4.57 Å². The normalized spacial score (nSPS) is 14.0. The van der Waals surface area contributed by atoms with Crippen molar-refractivity contribution < 1.29 is 0 Å². The van der Waals surface area contributed by atoms with Crippen LogP contribution in [0.3, 0.4) is 0 Å². The zero-order valence-electron chi connectivity index (χ0n) is 26.0. The Kier molecular flexibility index (Phi) is 4.47. The van der Waals surface area contributed by atoms with Gasteiger partial charge in [-0.3, -0.25) is 0 Å². The van der Waals surface area contributed by atoms with E-state index in [0.29, 0.717) is 0 Å². The molecule has 12 rings (SSSR count). The van der Waals surface area contributed by atoms with Gasteiger partial charge in [-0.15, -0.1) is 0 Å². The molecule has 9 aromatic rings. The minimum absolute atomic E-state index is 0.451. The molecule has 1 nitrogen and oxygen atoms in total. The van der Waals surface area contributed by atoms with Gasteiger partial charge in [0.15, 0.2) is 0 Å². The van der Waals surface area contributed by atoms with Crippen LogP contribution < -0.4 is 0 Å². The van der Waals surface area contributed by atoms with E-state index in [1.54, 1.807) is 0 Å². The Morgan fingerprint density at radius 2 is 0.917 bits per heavy atom. The molecule has 0 fully saturated rings. The molecule has 220 valence electrons. The lowest BCUT2D eigenvalue weighted by atomic mass is 9.65. The minimum atomic E-state index is -0.451. The molecule has 0 bridgehead atoms. The van der Waals surface area contributed by atoms with Crippen molar-refractivity contribution in [2.45, 2.75) is 5.41 Å². The molecule has 2 aliphatic carbocycles. The maximum atomic E-state index is 2.54. The Bertz CT molecular complexity index is 2830. The van der Waals surface area contributed by atoms with E-state index < -0.39 is 5.41 Å². The molecule has 0 saturated heterocycles. The average Bonchev–Trinajstić information content (AvgIpc) is 3.77. The van der Waals surface area contributed by atoms with Crippen molar-refractivity contribution >= 4 is 32.6 Å². The molecule has 0 N–H and O–H groups in total. The third-order valence-corrected chi connectivity index (χ3v) is 11.6. The van der Waals surface area contributed by atoms with E-state index in [0.717, 1.165) is 0 Å². The second-order valence-corrected chi connectivity index (χ2v) is 13.6. The van der Waals surface area contributed by atoms with E-state index in [-0.39, 0.29) is 0 Å². The van der Waals surface area contributed by atoms with Crippen LogP contribution in [0.2, 0.25) is 0 Å². The number of para-hydroxylation sites is 2. The summed E-state index contributed by atoms with van der Waals surface area (Å²) in [6, 6.07) is 61.8. The highest BCUT2D eigenvalue weighted by molar-refractivity contribution is 6.19. The smallest absolute Gasteiger partial charge is 0.0754 e. The number of hydrogen-bond acceptors (Lipinski definition) is 0. The highest BCUT2D eigenvalue weighted by Crippen LogP contribution is 2.61. The summed E-state index contributed by atoms with van der Waals surface area (Å²) in [4.78, 5) is 0. The fraction of sp³-hybridized carbons (Fsp3) is 0.0213. The Morgan fingerprint density at radius 1 is 0.354 bits per heavy atom. The fourth-order valence-corrected chi connectivity index (χ4v) is 9.79. The van der Waals surface area contributed by atoms with Gasteiger partial charge in [-0.25, -0.2) is 0 Å². The number of rotatable bonds is 1. The van der Waals surface area contributed by atoms with Gasteiger partial charge in [0, 0.05) is 10.8 Å². The van der Waals surface area contributed by atoms with E-state index in [4.69, 9.17) is 0 Å². The van der Waals surface area contributed by atoms with Gasteiger partial charge in [0.25, 0.3) is 0 Å². The number of benzene rings is 8. The second kappa shape index (κ2) is 8.59. The maximum absolute atomic E-state index is 2.54. The van der Waals surface area contributed by atoms with Crippen LogP contribution >= 0.6 is 0 Å². The third kappa shape index (κ3) is 2.75. The predicted octanol–water partition coefficient (Wildman–Crippen LogP) is 11.9. The first-order valence-corrected chi connectivity index (χ1v) is 16.9. The van der Waals surface area contributed by atoms with E-state index >= 15 is 0 Å². The quantitative estimate of drug-likeness (QED) is 0.175. The Balaban J connectivity index is 1.24. The van der Waals surface area contributed by atoms with Crippen LogP contribution in [-0.2, 0) is 5.41 Å². The van der Waals surface area contributed by atoms with E-state index in [2.05, 4.69) is 168 Å². The molecule has 0 unspecified atom stereocenters. The topological polar surface area (TPSA) is 4.93 Å². The number of nitrogens with zero attached hydrogens (tertiary/aromatic N) is 1. The highest BCUT2D eigenvalue weighted by atomic mass is 15.0. The summed E-state index contributed by atoms with van der Waals surface area (Å²) in [7, 11) is 0. The fourth-order valence-electron chi connectivity index (χ4n) is 9.79. The number of hydrogen-bond donors (Lipinski definition) is 0. The molecule has 0 amide bonds. The zero-order valence-corrected chi connectivity index (χ0v) is 26.0. The molecule has 8 aromatic carbocycles. The van der Waals surface area contributed by atoms with Crippen LogP contribution in [0.1, 0.15) is 22.3 Å². The summed E-state index contributed by atoms with van der Waals surface area (Å²) in [5.74, 6) is 0.